The highest BCUT2D eigenvalue weighted by Gasteiger charge is 2.41. The number of nitrogens with zero attached hydrogens (tertiary/aromatic N) is 2. The molecular weight excluding hydrogens is 537 g/mol. The van der Waals surface area contributed by atoms with Gasteiger partial charge in [0.15, 0.2) is 0 Å². The maximum Gasteiger partial charge on any atom is 0.408 e. The third kappa shape index (κ3) is 6.93. The van der Waals surface area contributed by atoms with Crippen LogP contribution in [-0.2, 0) is 9.53 Å². The van der Waals surface area contributed by atoms with Crippen LogP contribution in [0, 0.1) is 26.9 Å². The van der Waals surface area contributed by atoms with Gasteiger partial charge >= 0.3 is 12.1 Å². The van der Waals surface area contributed by atoms with Gasteiger partial charge < -0.3 is 19.9 Å². The van der Waals surface area contributed by atoms with Crippen LogP contribution in [0.3, 0.4) is 0 Å². The summed E-state index contributed by atoms with van der Waals surface area (Å²) in [5.74, 6) is 6.22. The molecule has 1 saturated carbocycles. The maximum absolute atomic E-state index is 12.1. The minimum atomic E-state index is -1.07. The third-order valence-corrected chi connectivity index (χ3v) is 6.16. The summed E-state index contributed by atoms with van der Waals surface area (Å²) >= 11 is 2.14. The van der Waals surface area contributed by atoms with Crippen LogP contribution in [0.15, 0.2) is 18.2 Å². The highest BCUT2D eigenvalue weighted by Crippen LogP contribution is 2.38. The Balaban J connectivity index is 1.44. The largest absolute Gasteiger partial charge is 0.497 e. The first-order valence-corrected chi connectivity index (χ1v) is 11.9. The van der Waals surface area contributed by atoms with Crippen LogP contribution in [0.1, 0.15) is 52.1 Å². The molecular formula is C24H28IN3O5. The number of benzene rings is 1. The number of carboxylic acids is 1. The number of rotatable bonds is 7. The van der Waals surface area contributed by atoms with E-state index < -0.39 is 23.5 Å². The first-order valence-electron chi connectivity index (χ1n) is 10.8. The molecule has 9 heteroatoms. The number of hydrogen-bond acceptors (Lipinski definition) is 6. The van der Waals surface area contributed by atoms with Gasteiger partial charge in [0.2, 0.25) is 0 Å². The number of nitrogens with one attached hydrogen (secondary N) is 1. The molecule has 1 aliphatic rings. The van der Waals surface area contributed by atoms with Gasteiger partial charge in [0, 0.05) is 12.5 Å². The molecule has 0 unspecified atom stereocenters. The topological polar surface area (TPSA) is 111 Å². The van der Waals surface area contributed by atoms with Crippen LogP contribution in [-0.4, -0.2) is 46.4 Å². The molecule has 1 aromatic heterocycles. The number of carboxylic acid groups (broad SMARTS) is 1. The average molecular weight is 565 g/mol. The lowest BCUT2D eigenvalue weighted by Crippen LogP contribution is -2.49. The number of aliphatic carboxylic acids is 1. The Hall–Kier alpha value is -2.61. The number of ether oxygens (including phenoxy) is 2. The Morgan fingerprint density at radius 2 is 2.06 bits per heavy atom. The number of carbonyl (C=O) groups excluding carboxylic acids is 1. The van der Waals surface area contributed by atoms with Gasteiger partial charge in [-0.05, 0) is 71.2 Å². The number of unbranched alkanes of at least 4 members (excludes halogenated alkanes) is 1. The SMILES string of the molecule is COc1ccc2nc(C#CCCC[C@@H]3C[C@H]3OC(=O)N[C@H](C(=O)O)C(C)(C)C)c(I)nc2c1. The first kappa shape index (κ1) is 25.0. The van der Waals surface area contributed by atoms with Crippen LogP contribution in [0.5, 0.6) is 5.75 Å². The fraction of sp³-hybridized carbons (Fsp3) is 0.500. The molecule has 1 fully saturated rings. The molecule has 3 atom stereocenters. The van der Waals surface area contributed by atoms with E-state index >= 15 is 0 Å². The van der Waals surface area contributed by atoms with Gasteiger partial charge in [-0.1, -0.05) is 26.7 Å². The van der Waals surface area contributed by atoms with E-state index in [4.69, 9.17) is 9.47 Å². The van der Waals surface area contributed by atoms with E-state index in [1.807, 2.05) is 18.2 Å². The zero-order chi connectivity index (χ0) is 24.2. The van der Waals surface area contributed by atoms with Gasteiger partial charge in [0.1, 0.15) is 27.3 Å². The molecule has 0 aliphatic heterocycles. The first-order chi connectivity index (χ1) is 15.6. The van der Waals surface area contributed by atoms with E-state index in [-0.39, 0.29) is 6.10 Å². The quantitative estimate of drug-likeness (QED) is 0.291. The van der Waals surface area contributed by atoms with Gasteiger partial charge in [0.05, 0.1) is 18.1 Å². The van der Waals surface area contributed by atoms with E-state index in [1.165, 1.54) is 0 Å². The highest BCUT2D eigenvalue weighted by molar-refractivity contribution is 14.1. The van der Waals surface area contributed by atoms with Gasteiger partial charge in [-0.2, -0.15) is 0 Å². The normalized spacial score (nSPS) is 18.1. The number of aromatic nitrogens is 2. The van der Waals surface area contributed by atoms with E-state index in [0.717, 1.165) is 39.7 Å². The fourth-order valence-corrected chi connectivity index (χ4v) is 3.94. The van der Waals surface area contributed by atoms with Crippen molar-refractivity contribution in [3.63, 3.8) is 0 Å². The van der Waals surface area contributed by atoms with Gasteiger partial charge in [0.25, 0.3) is 0 Å². The molecule has 0 radical (unpaired) electrons. The predicted octanol–water partition coefficient (Wildman–Crippen LogP) is 4.38. The van der Waals surface area contributed by atoms with Crippen molar-refractivity contribution < 1.29 is 24.2 Å². The Morgan fingerprint density at radius 3 is 2.73 bits per heavy atom. The number of halogens is 1. The van der Waals surface area contributed by atoms with Gasteiger partial charge in [-0.15, -0.1) is 0 Å². The van der Waals surface area contributed by atoms with Crippen molar-refractivity contribution in [1.82, 2.24) is 15.3 Å². The molecule has 176 valence electrons. The van der Waals surface area contributed by atoms with Crippen molar-refractivity contribution in [2.24, 2.45) is 11.3 Å². The molecule has 1 aromatic carbocycles. The third-order valence-electron chi connectivity index (χ3n) is 5.40. The molecule has 2 N–H and O–H groups in total. The minimum absolute atomic E-state index is 0.156. The van der Waals surface area contributed by atoms with Crippen LogP contribution < -0.4 is 10.1 Å². The van der Waals surface area contributed by atoms with E-state index in [9.17, 15) is 14.7 Å². The highest BCUT2D eigenvalue weighted by atomic mass is 127. The average Bonchev–Trinajstić information content (AvgIpc) is 3.47. The predicted molar refractivity (Wildman–Crippen MR) is 132 cm³/mol. The van der Waals surface area contributed by atoms with Crippen LogP contribution in [0.25, 0.3) is 11.0 Å². The van der Waals surface area contributed by atoms with Crippen molar-refractivity contribution in [1.29, 1.82) is 0 Å². The molecule has 0 saturated heterocycles. The zero-order valence-electron chi connectivity index (χ0n) is 19.1. The molecule has 1 heterocycles. The summed E-state index contributed by atoms with van der Waals surface area (Å²) in [5, 5.41) is 11.8. The lowest BCUT2D eigenvalue weighted by Gasteiger charge is -2.27. The smallest absolute Gasteiger partial charge is 0.408 e. The Labute approximate surface area is 207 Å². The van der Waals surface area contributed by atoms with E-state index in [2.05, 4.69) is 49.7 Å². The standard InChI is InChI=1S/C24H28IN3O5/c1-24(2,3)20(22(29)30)28-23(31)33-19-12-14(19)8-6-5-7-9-17-21(25)27-18-13-15(32-4)10-11-16(18)26-17/h10-11,13-14,19-20H,5-6,8,12H2,1-4H3,(H,28,31)(H,29,30)/t14-,19-,20-/m1/s1. The zero-order valence-corrected chi connectivity index (χ0v) is 21.3. The molecule has 0 spiro atoms. The molecule has 1 amide bonds. The summed E-state index contributed by atoms with van der Waals surface area (Å²) in [6.45, 7) is 5.28. The molecule has 3 rings (SSSR count). The number of carbonyl (C=O) groups is 2. The lowest BCUT2D eigenvalue weighted by molar-refractivity contribution is -0.142. The number of methoxy groups -OCH3 is 1. The van der Waals surface area contributed by atoms with Gasteiger partial charge in [-0.25, -0.2) is 19.6 Å². The van der Waals surface area contributed by atoms with Crippen molar-refractivity contribution >= 4 is 45.7 Å². The summed E-state index contributed by atoms with van der Waals surface area (Å²) in [6.07, 6.45) is 2.45. The summed E-state index contributed by atoms with van der Waals surface area (Å²) in [4.78, 5) is 32.6. The Morgan fingerprint density at radius 1 is 1.30 bits per heavy atom. The summed E-state index contributed by atoms with van der Waals surface area (Å²) in [5.41, 5.74) is 1.59. The molecule has 33 heavy (non-hydrogen) atoms. The molecule has 8 nitrogen and oxygen atoms in total. The summed E-state index contributed by atoms with van der Waals surface area (Å²) in [7, 11) is 1.62. The number of alkyl carbamates (subject to hydrolysis) is 1. The summed E-state index contributed by atoms with van der Waals surface area (Å²) < 4.78 is 11.3. The monoisotopic (exact) mass is 565 g/mol. The molecule has 1 aliphatic carbocycles. The Kier molecular flexibility index (Phi) is 8.00. The van der Waals surface area contributed by atoms with Crippen LogP contribution in [0.4, 0.5) is 4.79 Å². The maximum atomic E-state index is 12.1. The van der Waals surface area contributed by atoms with E-state index in [1.54, 1.807) is 27.9 Å². The lowest BCUT2D eigenvalue weighted by atomic mass is 9.87. The Bertz CT molecular complexity index is 1100. The van der Waals surface area contributed by atoms with Crippen molar-refractivity contribution in [2.45, 2.75) is 58.6 Å². The van der Waals surface area contributed by atoms with Crippen LogP contribution in [0.2, 0.25) is 0 Å². The van der Waals surface area contributed by atoms with Gasteiger partial charge in [-0.3, -0.25) is 0 Å². The van der Waals surface area contributed by atoms with Crippen LogP contribution >= 0.6 is 22.6 Å². The second kappa shape index (κ2) is 10.5. The number of hydrogen-bond donors (Lipinski definition) is 2. The van der Waals surface area contributed by atoms with Crippen molar-refractivity contribution in [3.05, 3.63) is 27.6 Å². The molecule has 2 aromatic rings. The van der Waals surface area contributed by atoms with Crippen molar-refractivity contribution in [2.75, 3.05) is 7.11 Å². The number of amides is 1. The minimum Gasteiger partial charge on any atom is -0.497 e. The second-order valence-corrected chi connectivity index (χ2v) is 10.2. The number of fused-ring (bicyclic) bond motifs is 1. The molecule has 0 bridgehead atoms. The fourth-order valence-electron chi connectivity index (χ4n) is 3.42. The second-order valence-electron chi connectivity index (χ2n) is 9.13. The van der Waals surface area contributed by atoms with E-state index in [0.29, 0.717) is 18.0 Å². The van der Waals surface area contributed by atoms with Crippen molar-refractivity contribution in [3.8, 4) is 17.6 Å². The summed E-state index contributed by atoms with van der Waals surface area (Å²) in [6, 6.07) is 4.56.